The molecular weight excluding hydrogens is 450 g/mol. The lowest BCUT2D eigenvalue weighted by Gasteiger charge is -2.31. The van der Waals surface area contributed by atoms with Gasteiger partial charge >= 0.3 is 0 Å². The van der Waals surface area contributed by atoms with Gasteiger partial charge in [-0.2, -0.15) is 0 Å². The summed E-state index contributed by atoms with van der Waals surface area (Å²) in [6.45, 7) is 5.81. The first-order valence-electron chi connectivity index (χ1n) is 12.4. The van der Waals surface area contributed by atoms with Crippen LogP contribution in [0.25, 0.3) is 11.1 Å². The molecule has 3 aliphatic rings. The number of benzene rings is 1. The molecule has 6 nitrogen and oxygen atoms in total. The predicted molar refractivity (Wildman–Crippen MR) is 130 cm³/mol. The van der Waals surface area contributed by atoms with Crippen molar-refractivity contribution in [2.75, 3.05) is 6.54 Å². The molecule has 2 aromatic heterocycles. The number of rotatable bonds is 5. The van der Waals surface area contributed by atoms with E-state index in [4.69, 9.17) is 20.9 Å². The van der Waals surface area contributed by atoms with Gasteiger partial charge in [0.1, 0.15) is 5.75 Å². The fourth-order valence-corrected chi connectivity index (χ4v) is 6.28. The van der Waals surface area contributed by atoms with Crippen LogP contribution in [0.5, 0.6) is 5.75 Å². The van der Waals surface area contributed by atoms with E-state index in [1.54, 1.807) is 0 Å². The minimum Gasteiger partial charge on any atom is -0.481 e. The van der Waals surface area contributed by atoms with Crippen LogP contribution in [-0.4, -0.2) is 27.4 Å². The lowest BCUT2D eigenvalue weighted by Crippen LogP contribution is -2.37. The molecule has 0 spiro atoms. The summed E-state index contributed by atoms with van der Waals surface area (Å²) in [5.41, 5.74) is 6.93. The molecule has 7 heteroatoms. The first-order chi connectivity index (χ1) is 16.5. The Balaban J connectivity index is 1.37. The summed E-state index contributed by atoms with van der Waals surface area (Å²) in [5.74, 6) is 1.85. The smallest absolute Gasteiger partial charge is 0.182 e. The lowest BCUT2D eigenvalue weighted by atomic mass is 9.81. The highest BCUT2D eigenvalue weighted by Gasteiger charge is 2.40. The van der Waals surface area contributed by atoms with Crippen molar-refractivity contribution in [2.45, 2.75) is 70.6 Å². The molecule has 4 heterocycles. The van der Waals surface area contributed by atoms with E-state index in [-0.39, 0.29) is 12.0 Å². The second-order valence-corrected chi connectivity index (χ2v) is 10.3. The van der Waals surface area contributed by atoms with Crippen LogP contribution in [0.4, 0.5) is 0 Å². The van der Waals surface area contributed by atoms with Gasteiger partial charge in [-0.3, -0.25) is 4.98 Å². The van der Waals surface area contributed by atoms with Crippen molar-refractivity contribution in [3.05, 3.63) is 63.3 Å². The molecule has 1 aliphatic carbocycles. The van der Waals surface area contributed by atoms with Gasteiger partial charge in [0.05, 0.1) is 11.3 Å². The van der Waals surface area contributed by atoms with Crippen molar-refractivity contribution in [1.82, 2.24) is 15.5 Å². The number of nitrogens with zero attached hydrogens (tertiary/aromatic N) is 2. The van der Waals surface area contributed by atoms with Gasteiger partial charge in [0.2, 0.25) is 0 Å². The highest BCUT2D eigenvalue weighted by atomic mass is 35.5. The fourth-order valence-electron chi connectivity index (χ4n) is 6.04. The molecule has 2 N–H and O–H groups in total. The van der Waals surface area contributed by atoms with E-state index in [2.05, 4.69) is 35.4 Å². The molecule has 0 saturated heterocycles. The highest BCUT2D eigenvalue weighted by molar-refractivity contribution is 6.31. The normalized spacial score (nSPS) is 21.2. The molecule has 2 atom stereocenters. The summed E-state index contributed by atoms with van der Waals surface area (Å²) in [6.07, 6.45) is 6.32. The molecule has 3 aromatic rings. The van der Waals surface area contributed by atoms with Gasteiger partial charge in [-0.05, 0) is 60.9 Å². The maximum Gasteiger partial charge on any atom is 0.182 e. The third-order valence-corrected chi connectivity index (χ3v) is 8.36. The average molecular weight is 480 g/mol. The number of aliphatic hydroxyl groups is 1. The van der Waals surface area contributed by atoms with Crippen LogP contribution in [0.1, 0.15) is 66.6 Å². The molecule has 0 amide bonds. The predicted octanol–water partition coefficient (Wildman–Crippen LogP) is 4.98. The van der Waals surface area contributed by atoms with Gasteiger partial charge < -0.3 is 19.7 Å². The quantitative estimate of drug-likeness (QED) is 0.537. The van der Waals surface area contributed by atoms with Gasteiger partial charge in [0.25, 0.3) is 0 Å². The topological polar surface area (TPSA) is 80.4 Å². The first kappa shape index (κ1) is 22.1. The van der Waals surface area contributed by atoms with Crippen molar-refractivity contribution in [2.24, 2.45) is 5.92 Å². The molecule has 178 valence electrons. The Labute approximate surface area is 204 Å². The van der Waals surface area contributed by atoms with Crippen LogP contribution in [0.15, 0.2) is 28.9 Å². The Bertz CT molecular complexity index is 1250. The zero-order chi connectivity index (χ0) is 23.4. The van der Waals surface area contributed by atoms with Crippen molar-refractivity contribution in [3.63, 3.8) is 0 Å². The molecule has 2 unspecified atom stereocenters. The Morgan fingerprint density at radius 3 is 2.79 bits per heavy atom. The van der Waals surface area contributed by atoms with Gasteiger partial charge in [0.15, 0.2) is 11.9 Å². The highest BCUT2D eigenvalue weighted by Crippen LogP contribution is 2.48. The number of nitrogens with one attached hydrogen (secondary N) is 1. The van der Waals surface area contributed by atoms with E-state index in [9.17, 15) is 5.11 Å². The average Bonchev–Trinajstić information content (AvgIpc) is 3.58. The maximum atomic E-state index is 11.2. The molecule has 0 radical (unpaired) electrons. The third kappa shape index (κ3) is 3.46. The van der Waals surface area contributed by atoms with Crippen molar-refractivity contribution in [3.8, 4) is 16.9 Å². The summed E-state index contributed by atoms with van der Waals surface area (Å²) in [4.78, 5) is 4.68. The van der Waals surface area contributed by atoms with Crippen LogP contribution >= 0.6 is 11.6 Å². The van der Waals surface area contributed by atoms with Gasteiger partial charge in [-0.1, -0.05) is 30.6 Å². The summed E-state index contributed by atoms with van der Waals surface area (Å²) in [6, 6.07) is 6.05. The third-order valence-electron chi connectivity index (χ3n) is 8.14. The van der Waals surface area contributed by atoms with E-state index >= 15 is 0 Å². The van der Waals surface area contributed by atoms with Crippen LogP contribution in [-0.2, 0) is 32.2 Å². The Hall–Kier alpha value is -2.41. The van der Waals surface area contributed by atoms with Crippen molar-refractivity contribution in [1.29, 1.82) is 0 Å². The van der Waals surface area contributed by atoms with Gasteiger partial charge in [-0.15, -0.1) is 0 Å². The number of hydrogen-bond donors (Lipinski definition) is 2. The standard InChI is InChI=1S/C27H30ClN3O3/c1-3-27(32,4-2)16-11-19-18(5-8-30-23(19)12-16)20-13-17(28)9-15-10-24(33-25(15)20)26-21-14-29-7-6-22(21)31-34-26/h5,8-9,13,16,24,29,32H,3-4,6-7,10-12,14H2,1-2H3. The first-order valence-corrected chi connectivity index (χ1v) is 12.7. The summed E-state index contributed by atoms with van der Waals surface area (Å²) >= 11 is 6.61. The van der Waals surface area contributed by atoms with E-state index in [0.717, 1.165) is 90.3 Å². The monoisotopic (exact) mass is 479 g/mol. The van der Waals surface area contributed by atoms with E-state index in [0.29, 0.717) is 11.4 Å². The largest absolute Gasteiger partial charge is 0.481 e. The number of ether oxygens (including phenoxy) is 1. The summed E-state index contributed by atoms with van der Waals surface area (Å²) < 4.78 is 12.3. The minimum atomic E-state index is -0.671. The number of pyridine rings is 1. The molecule has 0 fully saturated rings. The zero-order valence-electron chi connectivity index (χ0n) is 19.7. The Kier molecular flexibility index (Phi) is 5.43. The van der Waals surface area contributed by atoms with Crippen molar-refractivity contribution < 1.29 is 14.4 Å². The van der Waals surface area contributed by atoms with Crippen molar-refractivity contribution >= 4 is 11.6 Å². The summed E-state index contributed by atoms with van der Waals surface area (Å²) in [7, 11) is 0. The SMILES string of the molecule is CCC(O)(CC)C1Cc2nccc(-c3cc(Cl)cc4c3OC(c3onc5c3CNCC5)C4)c2C1. The molecule has 0 bridgehead atoms. The van der Waals surface area contributed by atoms with Gasteiger partial charge in [0, 0.05) is 59.5 Å². The van der Waals surface area contributed by atoms with Crippen LogP contribution in [0.3, 0.4) is 0 Å². The summed E-state index contributed by atoms with van der Waals surface area (Å²) in [5, 5.41) is 19.6. The maximum absolute atomic E-state index is 11.2. The second-order valence-electron chi connectivity index (χ2n) is 9.85. The fraction of sp³-hybridized carbons (Fsp3) is 0.481. The van der Waals surface area contributed by atoms with Crippen LogP contribution in [0.2, 0.25) is 5.02 Å². The number of hydrogen-bond acceptors (Lipinski definition) is 6. The van der Waals surface area contributed by atoms with Crippen LogP contribution in [0, 0.1) is 5.92 Å². The number of halogens is 1. The molecule has 34 heavy (non-hydrogen) atoms. The number of aromatic nitrogens is 2. The van der Waals surface area contributed by atoms with E-state index in [1.807, 2.05) is 18.3 Å². The molecule has 1 aromatic carbocycles. The van der Waals surface area contributed by atoms with Gasteiger partial charge in [-0.25, -0.2) is 0 Å². The Morgan fingerprint density at radius 1 is 1.12 bits per heavy atom. The molecular formula is C27H30ClN3O3. The zero-order valence-corrected chi connectivity index (χ0v) is 20.4. The van der Waals surface area contributed by atoms with E-state index in [1.165, 1.54) is 5.56 Å². The molecule has 0 saturated carbocycles. The van der Waals surface area contributed by atoms with Crippen LogP contribution < -0.4 is 10.1 Å². The lowest BCUT2D eigenvalue weighted by molar-refractivity contribution is -0.0222. The minimum absolute atomic E-state index is 0.167. The Morgan fingerprint density at radius 2 is 1.97 bits per heavy atom. The molecule has 2 aliphatic heterocycles. The molecule has 6 rings (SSSR count). The number of fused-ring (bicyclic) bond motifs is 3. The van der Waals surface area contributed by atoms with E-state index < -0.39 is 5.60 Å². The second kappa shape index (κ2) is 8.36.